The van der Waals surface area contributed by atoms with Crippen molar-refractivity contribution >= 4 is 11.6 Å². The number of hydrogen-bond acceptors (Lipinski definition) is 1. The third-order valence-corrected chi connectivity index (χ3v) is 3.88. The van der Waals surface area contributed by atoms with Crippen LogP contribution in [-0.2, 0) is 6.42 Å². The molecule has 0 unspecified atom stereocenters. The van der Waals surface area contributed by atoms with Crippen LogP contribution in [-0.4, -0.2) is 6.54 Å². The second kappa shape index (κ2) is 6.53. The van der Waals surface area contributed by atoms with Gasteiger partial charge < -0.3 is 5.73 Å². The highest BCUT2D eigenvalue weighted by molar-refractivity contribution is 6.30. The van der Waals surface area contributed by atoms with E-state index in [0.29, 0.717) is 11.0 Å². The molecule has 0 radical (unpaired) electrons. The van der Waals surface area contributed by atoms with Gasteiger partial charge in [0.25, 0.3) is 0 Å². The number of hydrogen-bond donors (Lipinski definition) is 1. The zero-order chi connectivity index (χ0) is 13.8. The minimum atomic E-state index is -0.301. The topological polar surface area (TPSA) is 26.0 Å². The highest BCUT2D eigenvalue weighted by Crippen LogP contribution is 2.48. The van der Waals surface area contributed by atoms with Gasteiger partial charge in [-0.2, -0.15) is 0 Å². The Hall–Kier alpha value is -0.600. The van der Waals surface area contributed by atoms with Crippen molar-refractivity contribution in [2.24, 2.45) is 11.1 Å². The van der Waals surface area contributed by atoms with E-state index in [-0.39, 0.29) is 10.8 Å². The van der Waals surface area contributed by atoms with Gasteiger partial charge in [0.2, 0.25) is 0 Å². The zero-order valence-corrected chi connectivity index (χ0v) is 12.3. The Labute approximate surface area is 115 Å². The normalized spacial score (nSPS) is 15.9. The predicted octanol–water partition coefficient (Wildman–Crippen LogP) is 4.49. The summed E-state index contributed by atoms with van der Waals surface area (Å²) >= 11 is 5.82. The molecule has 2 rings (SSSR count). The SMILES string of the molecule is CC.Cc1cc(CCC2(CN)CC2)cc(Cl)c1F. The summed E-state index contributed by atoms with van der Waals surface area (Å²) in [6.07, 6.45) is 4.50. The molecular weight excluding hydrogens is 249 g/mol. The minimum absolute atomic E-state index is 0.229. The van der Waals surface area contributed by atoms with E-state index in [1.165, 1.54) is 12.8 Å². The smallest absolute Gasteiger partial charge is 0.144 e. The Morgan fingerprint density at radius 1 is 1.33 bits per heavy atom. The summed E-state index contributed by atoms with van der Waals surface area (Å²) in [6.45, 7) is 6.52. The first-order valence-corrected chi connectivity index (χ1v) is 7.09. The molecule has 0 amide bonds. The van der Waals surface area contributed by atoms with Crippen LogP contribution in [0.5, 0.6) is 0 Å². The van der Waals surface area contributed by atoms with Crippen LogP contribution in [0.15, 0.2) is 12.1 Å². The van der Waals surface area contributed by atoms with Gasteiger partial charge >= 0.3 is 0 Å². The fourth-order valence-corrected chi connectivity index (χ4v) is 2.37. The van der Waals surface area contributed by atoms with Crippen molar-refractivity contribution in [3.8, 4) is 0 Å². The van der Waals surface area contributed by atoms with Crippen molar-refractivity contribution in [3.63, 3.8) is 0 Å². The molecule has 1 nitrogen and oxygen atoms in total. The van der Waals surface area contributed by atoms with E-state index < -0.39 is 0 Å². The van der Waals surface area contributed by atoms with Crippen molar-refractivity contribution in [3.05, 3.63) is 34.1 Å². The second-order valence-electron chi connectivity index (χ2n) is 4.91. The molecule has 1 aliphatic rings. The van der Waals surface area contributed by atoms with Crippen LogP contribution in [0, 0.1) is 18.2 Å². The molecule has 2 N–H and O–H groups in total. The summed E-state index contributed by atoms with van der Waals surface area (Å²) in [6, 6.07) is 3.62. The number of benzene rings is 1. The van der Waals surface area contributed by atoms with E-state index in [2.05, 4.69) is 0 Å². The standard InChI is InChI=1S/C13H17ClFN.C2H6/c1-9-6-10(7-11(14)12(9)15)2-3-13(8-16)4-5-13;1-2/h6-7H,2-5,8,16H2,1H3;1-2H3. The molecule has 18 heavy (non-hydrogen) atoms. The van der Waals surface area contributed by atoms with Gasteiger partial charge in [-0.05, 0) is 61.8 Å². The maximum atomic E-state index is 13.3. The lowest BCUT2D eigenvalue weighted by Crippen LogP contribution is -2.16. The Morgan fingerprint density at radius 3 is 2.39 bits per heavy atom. The summed E-state index contributed by atoms with van der Waals surface area (Å²) in [5, 5.41) is 0.229. The third-order valence-electron chi connectivity index (χ3n) is 3.60. The van der Waals surface area contributed by atoms with E-state index in [4.69, 9.17) is 17.3 Å². The molecular formula is C15H23ClFN. The van der Waals surface area contributed by atoms with E-state index >= 15 is 0 Å². The molecule has 0 spiro atoms. The number of halogens is 2. The molecule has 0 bridgehead atoms. The lowest BCUT2D eigenvalue weighted by atomic mass is 9.96. The summed E-state index contributed by atoms with van der Waals surface area (Å²) in [4.78, 5) is 0. The van der Waals surface area contributed by atoms with Crippen LogP contribution < -0.4 is 5.73 Å². The molecule has 0 saturated heterocycles. The fraction of sp³-hybridized carbons (Fsp3) is 0.600. The molecule has 1 fully saturated rings. The summed E-state index contributed by atoms with van der Waals surface area (Å²) < 4.78 is 13.3. The molecule has 1 aliphatic carbocycles. The molecule has 1 saturated carbocycles. The fourth-order valence-electron chi connectivity index (χ4n) is 2.08. The third kappa shape index (κ3) is 3.69. The van der Waals surface area contributed by atoms with E-state index in [0.717, 1.165) is 24.9 Å². The van der Waals surface area contributed by atoms with Crippen LogP contribution in [0.1, 0.15) is 44.2 Å². The minimum Gasteiger partial charge on any atom is -0.330 e. The first-order valence-electron chi connectivity index (χ1n) is 6.71. The van der Waals surface area contributed by atoms with Gasteiger partial charge in [0.15, 0.2) is 0 Å². The maximum absolute atomic E-state index is 13.3. The Kier molecular flexibility index (Phi) is 5.61. The molecule has 102 valence electrons. The van der Waals surface area contributed by atoms with E-state index in [1.54, 1.807) is 13.0 Å². The van der Waals surface area contributed by atoms with E-state index in [9.17, 15) is 4.39 Å². The second-order valence-corrected chi connectivity index (χ2v) is 5.32. The molecule has 1 aromatic carbocycles. The van der Waals surface area contributed by atoms with Gasteiger partial charge in [-0.3, -0.25) is 0 Å². The molecule has 0 atom stereocenters. The number of aryl methyl sites for hydroxylation is 2. The van der Waals surface area contributed by atoms with Crippen molar-refractivity contribution in [1.82, 2.24) is 0 Å². The van der Waals surface area contributed by atoms with Gasteiger partial charge in [-0.15, -0.1) is 0 Å². The monoisotopic (exact) mass is 271 g/mol. The lowest BCUT2D eigenvalue weighted by Gasteiger charge is -2.12. The summed E-state index contributed by atoms with van der Waals surface area (Å²) in [7, 11) is 0. The van der Waals surface area contributed by atoms with Crippen LogP contribution in [0.2, 0.25) is 5.02 Å². The van der Waals surface area contributed by atoms with Crippen molar-refractivity contribution < 1.29 is 4.39 Å². The van der Waals surface area contributed by atoms with Crippen molar-refractivity contribution in [2.75, 3.05) is 6.54 Å². The van der Waals surface area contributed by atoms with Gasteiger partial charge in [0.05, 0.1) is 5.02 Å². The van der Waals surface area contributed by atoms with Crippen LogP contribution >= 0.6 is 11.6 Å². The van der Waals surface area contributed by atoms with Crippen LogP contribution in [0.25, 0.3) is 0 Å². The Morgan fingerprint density at radius 2 is 1.94 bits per heavy atom. The molecule has 0 aliphatic heterocycles. The van der Waals surface area contributed by atoms with Crippen LogP contribution in [0.3, 0.4) is 0 Å². The number of nitrogens with two attached hydrogens (primary N) is 1. The highest BCUT2D eigenvalue weighted by Gasteiger charge is 2.40. The summed E-state index contributed by atoms with van der Waals surface area (Å²) in [5.74, 6) is -0.301. The predicted molar refractivity (Wildman–Crippen MR) is 76.5 cm³/mol. The van der Waals surface area contributed by atoms with Gasteiger partial charge in [0, 0.05) is 0 Å². The molecule has 0 heterocycles. The zero-order valence-electron chi connectivity index (χ0n) is 11.5. The number of rotatable bonds is 4. The highest BCUT2D eigenvalue weighted by atomic mass is 35.5. The molecule has 3 heteroatoms. The Bertz CT molecular complexity index is 376. The average molecular weight is 272 g/mol. The van der Waals surface area contributed by atoms with Gasteiger partial charge in [0.1, 0.15) is 5.82 Å². The largest absolute Gasteiger partial charge is 0.330 e. The quantitative estimate of drug-likeness (QED) is 0.858. The Balaban J connectivity index is 0.000000771. The van der Waals surface area contributed by atoms with Gasteiger partial charge in [-0.1, -0.05) is 31.5 Å². The first-order chi connectivity index (χ1) is 8.56. The lowest BCUT2D eigenvalue weighted by molar-refractivity contribution is 0.478. The first kappa shape index (κ1) is 15.5. The van der Waals surface area contributed by atoms with Crippen LogP contribution in [0.4, 0.5) is 4.39 Å². The molecule has 0 aromatic heterocycles. The molecule has 1 aromatic rings. The maximum Gasteiger partial charge on any atom is 0.144 e. The van der Waals surface area contributed by atoms with Crippen molar-refractivity contribution in [2.45, 2.75) is 46.5 Å². The summed E-state index contributed by atoms with van der Waals surface area (Å²) in [5.41, 5.74) is 7.84. The van der Waals surface area contributed by atoms with Crippen molar-refractivity contribution in [1.29, 1.82) is 0 Å². The average Bonchev–Trinajstić information content (AvgIpc) is 3.16. The van der Waals surface area contributed by atoms with Gasteiger partial charge in [-0.25, -0.2) is 4.39 Å². The van der Waals surface area contributed by atoms with E-state index in [1.807, 2.05) is 19.9 Å².